The molecule has 1 fully saturated rings. The fourth-order valence-corrected chi connectivity index (χ4v) is 4.33. The topological polar surface area (TPSA) is 95.3 Å². The molecule has 1 amide bonds. The third kappa shape index (κ3) is 3.90. The quantitative estimate of drug-likeness (QED) is 0.432. The van der Waals surface area contributed by atoms with E-state index in [0.29, 0.717) is 71.1 Å². The number of carbonyl (C=O) groups is 1. The van der Waals surface area contributed by atoms with Gasteiger partial charge in [0, 0.05) is 37.3 Å². The van der Waals surface area contributed by atoms with E-state index in [9.17, 15) is 14.0 Å². The number of benzene rings is 3. The van der Waals surface area contributed by atoms with Crippen molar-refractivity contribution in [1.82, 2.24) is 19.9 Å². The van der Waals surface area contributed by atoms with Gasteiger partial charge < -0.3 is 14.2 Å². The van der Waals surface area contributed by atoms with Crippen molar-refractivity contribution in [2.75, 3.05) is 31.1 Å². The van der Waals surface area contributed by atoms with Gasteiger partial charge in [-0.1, -0.05) is 18.2 Å². The third-order valence-corrected chi connectivity index (χ3v) is 6.17. The molecule has 1 N–H and O–H groups in total. The Hall–Kier alpha value is -4.53. The van der Waals surface area contributed by atoms with Crippen LogP contribution in [0.1, 0.15) is 10.4 Å². The van der Waals surface area contributed by atoms with Crippen LogP contribution in [-0.2, 0) is 0 Å². The maximum atomic E-state index is 13.6. The molecule has 8 nitrogen and oxygen atoms in total. The van der Waals surface area contributed by atoms with E-state index in [1.54, 1.807) is 41.3 Å². The molecule has 1 saturated heterocycles. The molecule has 0 spiro atoms. The number of aromatic amines is 1. The second-order valence-electron chi connectivity index (χ2n) is 8.40. The van der Waals surface area contributed by atoms with Crippen LogP contribution in [0, 0.1) is 5.82 Å². The van der Waals surface area contributed by atoms with Crippen molar-refractivity contribution in [2.24, 2.45) is 0 Å². The summed E-state index contributed by atoms with van der Waals surface area (Å²) in [6.07, 6.45) is 0. The van der Waals surface area contributed by atoms with Crippen LogP contribution in [0.25, 0.3) is 33.5 Å². The molecule has 1 aliphatic heterocycles. The summed E-state index contributed by atoms with van der Waals surface area (Å²) in [5.74, 6) is 0.321. The van der Waals surface area contributed by atoms with E-state index in [4.69, 9.17) is 4.42 Å². The summed E-state index contributed by atoms with van der Waals surface area (Å²) in [7, 11) is 0. The molecule has 0 saturated carbocycles. The zero-order valence-electron chi connectivity index (χ0n) is 18.6. The minimum atomic E-state index is -0.372. The Labute approximate surface area is 198 Å². The van der Waals surface area contributed by atoms with Gasteiger partial charge in [0.05, 0.1) is 10.9 Å². The molecule has 0 aliphatic carbocycles. The number of para-hydroxylation sites is 1. The van der Waals surface area contributed by atoms with Crippen LogP contribution >= 0.6 is 0 Å². The van der Waals surface area contributed by atoms with E-state index in [1.165, 1.54) is 12.1 Å². The van der Waals surface area contributed by atoms with Gasteiger partial charge in [-0.2, -0.15) is 0 Å². The van der Waals surface area contributed by atoms with Gasteiger partial charge in [0.1, 0.15) is 11.3 Å². The Morgan fingerprint density at radius 3 is 2.57 bits per heavy atom. The molecule has 0 bridgehead atoms. The highest BCUT2D eigenvalue weighted by molar-refractivity contribution is 5.97. The minimum Gasteiger partial charge on any atom is -0.436 e. The number of anilines is 1. The lowest BCUT2D eigenvalue weighted by atomic mass is 10.1. The standard InChI is InChI=1S/C26H20FN5O3/c27-18-5-3-4-16(14-18)24-28-21-9-8-17(15-22(21)35-24)25(34)31-10-12-32(13-11-31)26-29-20-7-2-1-6-19(20)23(33)30-26/h1-9,14-15H,10-13H2,(H,29,30,33). The van der Waals surface area contributed by atoms with E-state index in [-0.39, 0.29) is 17.3 Å². The highest BCUT2D eigenvalue weighted by atomic mass is 19.1. The van der Waals surface area contributed by atoms with Gasteiger partial charge in [-0.05, 0) is 48.5 Å². The van der Waals surface area contributed by atoms with E-state index in [2.05, 4.69) is 15.0 Å². The van der Waals surface area contributed by atoms with Crippen molar-refractivity contribution >= 4 is 33.9 Å². The van der Waals surface area contributed by atoms with E-state index >= 15 is 0 Å². The number of rotatable bonds is 3. The molecule has 0 atom stereocenters. The predicted molar refractivity (Wildman–Crippen MR) is 130 cm³/mol. The van der Waals surface area contributed by atoms with Crippen molar-refractivity contribution in [3.05, 3.63) is 88.5 Å². The van der Waals surface area contributed by atoms with E-state index in [0.717, 1.165) is 0 Å². The first-order valence-electron chi connectivity index (χ1n) is 11.2. The molecular formula is C26H20FN5O3. The predicted octanol–water partition coefficient (Wildman–Crippen LogP) is 3.83. The lowest BCUT2D eigenvalue weighted by Gasteiger charge is -2.35. The van der Waals surface area contributed by atoms with Crippen LogP contribution in [0.5, 0.6) is 0 Å². The number of carbonyl (C=O) groups excluding carboxylic acids is 1. The molecule has 6 rings (SSSR count). The summed E-state index contributed by atoms with van der Waals surface area (Å²) in [6, 6.07) is 18.4. The van der Waals surface area contributed by atoms with Gasteiger partial charge in [0.15, 0.2) is 5.58 Å². The van der Waals surface area contributed by atoms with Crippen molar-refractivity contribution in [1.29, 1.82) is 0 Å². The Bertz CT molecular complexity index is 1640. The van der Waals surface area contributed by atoms with E-state index < -0.39 is 0 Å². The number of piperazine rings is 1. The van der Waals surface area contributed by atoms with Crippen molar-refractivity contribution in [3.63, 3.8) is 0 Å². The number of oxazole rings is 1. The first-order valence-corrected chi connectivity index (χ1v) is 11.2. The minimum absolute atomic E-state index is 0.116. The monoisotopic (exact) mass is 469 g/mol. The molecule has 174 valence electrons. The number of hydrogen-bond acceptors (Lipinski definition) is 6. The molecule has 3 heterocycles. The summed E-state index contributed by atoms with van der Waals surface area (Å²) in [6.45, 7) is 2.05. The average Bonchev–Trinajstić information content (AvgIpc) is 3.32. The molecule has 5 aromatic rings. The fourth-order valence-electron chi connectivity index (χ4n) is 4.33. The zero-order chi connectivity index (χ0) is 23.9. The van der Waals surface area contributed by atoms with Gasteiger partial charge in [-0.25, -0.2) is 14.4 Å². The van der Waals surface area contributed by atoms with Crippen LogP contribution in [0.2, 0.25) is 0 Å². The number of nitrogens with one attached hydrogen (secondary N) is 1. The normalized spacial score (nSPS) is 14.1. The second kappa shape index (κ2) is 8.35. The van der Waals surface area contributed by atoms with Gasteiger partial charge in [-0.15, -0.1) is 0 Å². The van der Waals surface area contributed by atoms with Crippen molar-refractivity contribution in [2.45, 2.75) is 0 Å². The van der Waals surface area contributed by atoms with Crippen LogP contribution in [0.3, 0.4) is 0 Å². The van der Waals surface area contributed by atoms with Crippen molar-refractivity contribution in [3.8, 4) is 11.5 Å². The van der Waals surface area contributed by atoms with Gasteiger partial charge >= 0.3 is 0 Å². The number of amides is 1. The molecule has 0 radical (unpaired) electrons. The van der Waals surface area contributed by atoms with Crippen LogP contribution in [0.4, 0.5) is 10.3 Å². The number of H-pyrrole nitrogens is 1. The molecule has 35 heavy (non-hydrogen) atoms. The Morgan fingerprint density at radius 1 is 0.914 bits per heavy atom. The molecule has 3 aromatic carbocycles. The fraction of sp³-hybridized carbons (Fsp3) is 0.154. The van der Waals surface area contributed by atoms with Gasteiger partial charge in [-0.3, -0.25) is 14.6 Å². The lowest BCUT2D eigenvalue weighted by molar-refractivity contribution is 0.0746. The van der Waals surface area contributed by atoms with Gasteiger partial charge in [0.2, 0.25) is 11.8 Å². The SMILES string of the molecule is O=C(c1ccc2nc(-c3cccc(F)c3)oc2c1)N1CCN(c2nc3ccccc3c(=O)[nH]2)CC1. The number of aromatic nitrogens is 3. The smallest absolute Gasteiger partial charge is 0.260 e. The molecule has 2 aromatic heterocycles. The summed E-state index contributed by atoms with van der Waals surface area (Å²) < 4.78 is 19.4. The first-order chi connectivity index (χ1) is 17.0. The van der Waals surface area contributed by atoms with Crippen molar-refractivity contribution < 1.29 is 13.6 Å². The maximum Gasteiger partial charge on any atom is 0.260 e. The summed E-state index contributed by atoms with van der Waals surface area (Å²) >= 11 is 0. The molecule has 0 unspecified atom stereocenters. The summed E-state index contributed by atoms with van der Waals surface area (Å²) in [5, 5.41) is 0.549. The maximum absolute atomic E-state index is 13.6. The van der Waals surface area contributed by atoms with Crippen LogP contribution in [0.15, 0.2) is 75.9 Å². The van der Waals surface area contributed by atoms with Crippen LogP contribution < -0.4 is 10.5 Å². The molecule has 9 heteroatoms. The molecule has 1 aliphatic rings. The number of fused-ring (bicyclic) bond motifs is 2. The second-order valence-corrected chi connectivity index (χ2v) is 8.40. The summed E-state index contributed by atoms with van der Waals surface area (Å²) in [4.78, 5) is 41.1. The Morgan fingerprint density at radius 2 is 1.74 bits per heavy atom. The molecular weight excluding hydrogens is 449 g/mol. The largest absolute Gasteiger partial charge is 0.436 e. The lowest BCUT2D eigenvalue weighted by Crippen LogP contribution is -2.49. The van der Waals surface area contributed by atoms with Crippen LogP contribution in [-0.4, -0.2) is 51.9 Å². The van der Waals surface area contributed by atoms with E-state index in [1.807, 2.05) is 23.1 Å². The Kier molecular flexibility index (Phi) is 5.02. The highest BCUT2D eigenvalue weighted by Gasteiger charge is 2.24. The Balaban J connectivity index is 1.19. The number of hydrogen-bond donors (Lipinski definition) is 1. The third-order valence-electron chi connectivity index (χ3n) is 6.17. The summed E-state index contributed by atoms with van der Waals surface area (Å²) in [5.41, 5.74) is 2.55. The highest BCUT2D eigenvalue weighted by Crippen LogP contribution is 2.26. The zero-order valence-corrected chi connectivity index (χ0v) is 18.6. The average molecular weight is 469 g/mol. The number of nitrogens with zero attached hydrogens (tertiary/aromatic N) is 4. The van der Waals surface area contributed by atoms with Gasteiger partial charge in [0.25, 0.3) is 11.5 Å². The first kappa shape index (κ1) is 21.0. The number of halogens is 1.